The average molecular weight is 363 g/mol. The molecular formula is C15H9BrClN3O. The van der Waals surface area contributed by atoms with Crippen molar-refractivity contribution in [2.24, 2.45) is 0 Å². The lowest BCUT2D eigenvalue weighted by molar-refractivity contribution is 0.102. The highest BCUT2D eigenvalue weighted by Crippen LogP contribution is 2.26. The molecule has 1 heterocycles. The van der Waals surface area contributed by atoms with Crippen LogP contribution in [0.15, 0.2) is 53.3 Å². The first-order valence-electron chi connectivity index (χ1n) is 6.11. The summed E-state index contributed by atoms with van der Waals surface area (Å²) >= 11 is 9.41. The summed E-state index contributed by atoms with van der Waals surface area (Å²) in [6.45, 7) is 0. The summed E-state index contributed by atoms with van der Waals surface area (Å²) in [6, 6.07) is 10.4. The number of carbonyl (C=O) groups excluding carboxylic acids is 1. The van der Waals surface area contributed by atoms with Crippen LogP contribution < -0.4 is 5.32 Å². The van der Waals surface area contributed by atoms with E-state index in [0.29, 0.717) is 21.8 Å². The van der Waals surface area contributed by atoms with E-state index in [-0.39, 0.29) is 5.91 Å². The standard InChI is InChI=1S/C15H9BrClN3O/c16-10-2-3-11(17)13(8-10)20-15(21)9-1-4-12-14(7-9)19-6-5-18-12/h1-8H,(H,20,21). The van der Waals surface area contributed by atoms with Gasteiger partial charge in [0.15, 0.2) is 0 Å². The summed E-state index contributed by atoms with van der Waals surface area (Å²) in [5.74, 6) is -0.248. The van der Waals surface area contributed by atoms with Crippen molar-refractivity contribution in [2.45, 2.75) is 0 Å². The van der Waals surface area contributed by atoms with Gasteiger partial charge in [-0.25, -0.2) is 0 Å². The highest BCUT2D eigenvalue weighted by atomic mass is 79.9. The third-order valence-electron chi connectivity index (χ3n) is 2.91. The molecule has 0 aliphatic carbocycles. The fourth-order valence-corrected chi connectivity index (χ4v) is 2.42. The number of hydrogen-bond donors (Lipinski definition) is 1. The quantitative estimate of drug-likeness (QED) is 0.739. The Bertz CT molecular complexity index is 838. The molecule has 104 valence electrons. The molecule has 2 aromatic carbocycles. The van der Waals surface area contributed by atoms with Crippen molar-refractivity contribution in [1.29, 1.82) is 0 Å². The van der Waals surface area contributed by atoms with Crippen molar-refractivity contribution in [2.75, 3.05) is 5.32 Å². The van der Waals surface area contributed by atoms with Gasteiger partial charge in [0.05, 0.1) is 21.7 Å². The number of benzene rings is 2. The molecule has 0 aliphatic heterocycles. The van der Waals surface area contributed by atoms with Crippen molar-refractivity contribution in [3.8, 4) is 0 Å². The van der Waals surface area contributed by atoms with Crippen LogP contribution >= 0.6 is 27.5 Å². The largest absolute Gasteiger partial charge is 0.321 e. The van der Waals surface area contributed by atoms with Gasteiger partial charge in [0.1, 0.15) is 0 Å². The molecule has 3 rings (SSSR count). The summed E-state index contributed by atoms with van der Waals surface area (Å²) in [4.78, 5) is 20.6. The first-order valence-corrected chi connectivity index (χ1v) is 7.28. The lowest BCUT2D eigenvalue weighted by Crippen LogP contribution is -2.12. The van der Waals surface area contributed by atoms with E-state index in [0.717, 1.165) is 9.99 Å². The number of nitrogens with zero attached hydrogens (tertiary/aromatic N) is 2. The minimum absolute atomic E-state index is 0.248. The van der Waals surface area contributed by atoms with Crippen molar-refractivity contribution in [3.63, 3.8) is 0 Å². The van der Waals surface area contributed by atoms with Gasteiger partial charge in [-0.1, -0.05) is 27.5 Å². The van der Waals surface area contributed by atoms with Crippen LogP contribution in [0.2, 0.25) is 5.02 Å². The Kier molecular flexibility index (Phi) is 3.86. The number of hydrogen-bond acceptors (Lipinski definition) is 3. The van der Waals surface area contributed by atoms with E-state index in [4.69, 9.17) is 11.6 Å². The molecule has 6 heteroatoms. The maximum absolute atomic E-state index is 12.3. The molecule has 0 atom stereocenters. The number of aromatic nitrogens is 2. The molecular weight excluding hydrogens is 354 g/mol. The Labute approximate surface area is 134 Å². The summed E-state index contributed by atoms with van der Waals surface area (Å²) in [5, 5.41) is 3.26. The van der Waals surface area contributed by atoms with Crippen LogP contribution in [0.25, 0.3) is 11.0 Å². The van der Waals surface area contributed by atoms with E-state index in [1.54, 1.807) is 42.7 Å². The second kappa shape index (κ2) is 5.79. The second-order valence-corrected chi connectivity index (χ2v) is 5.66. The average Bonchev–Trinajstić information content (AvgIpc) is 2.50. The van der Waals surface area contributed by atoms with Gasteiger partial charge in [-0.2, -0.15) is 0 Å². The van der Waals surface area contributed by atoms with E-state index < -0.39 is 0 Å². The van der Waals surface area contributed by atoms with Crippen LogP contribution in [0.5, 0.6) is 0 Å². The molecule has 0 radical (unpaired) electrons. The Morgan fingerprint density at radius 2 is 1.81 bits per heavy atom. The van der Waals surface area contributed by atoms with Gasteiger partial charge < -0.3 is 5.32 Å². The van der Waals surface area contributed by atoms with Gasteiger partial charge in [0.2, 0.25) is 0 Å². The van der Waals surface area contributed by atoms with E-state index in [1.807, 2.05) is 6.07 Å². The summed E-state index contributed by atoms with van der Waals surface area (Å²) in [6.07, 6.45) is 3.21. The molecule has 0 unspecified atom stereocenters. The normalized spacial score (nSPS) is 10.6. The van der Waals surface area contributed by atoms with Crippen molar-refractivity contribution in [1.82, 2.24) is 9.97 Å². The number of amides is 1. The molecule has 3 aromatic rings. The zero-order chi connectivity index (χ0) is 14.8. The van der Waals surface area contributed by atoms with Crippen LogP contribution in [-0.2, 0) is 0 Å². The minimum atomic E-state index is -0.248. The fraction of sp³-hybridized carbons (Fsp3) is 0. The van der Waals surface area contributed by atoms with E-state index in [1.165, 1.54) is 0 Å². The Hall–Kier alpha value is -1.98. The third-order valence-corrected chi connectivity index (χ3v) is 3.73. The second-order valence-electron chi connectivity index (χ2n) is 4.34. The Morgan fingerprint density at radius 3 is 2.62 bits per heavy atom. The first-order chi connectivity index (χ1) is 10.1. The molecule has 0 bridgehead atoms. The number of anilines is 1. The molecule has 0 aliphatic rings. The van der Waals surface area contributed by atoms with Crippen LogP contribution in [0, 0.1) is 0 Å². The van der Waals surface area contributed by atoms with Crippen LogP contribution in [0.1, 0.15) is 10.4 Å². The van der Waals surface area contributed by atoms with E-state index in [9.17, 15) is 4.79 Å². The summed E-state index contributed by atoms with van der Waals surface area (Å²) in [5.41, 5.74) is 2.47. The van der Waals surface area contributed by atoms with Gasteiger partial charge in [-0.3, -0.25) is 14.8 Å². The number of rotatable bonds is 2. The zero-order valence-electron chi connectivity index (χ0n) is 10.7. The van der Waals surface area contributed by atoms with Crippen molar-refractivity contribution in [3.05, 3.63) is 63.9 Å². The molecule has 0 saturated carbocycles. The van der Waals surface area contributed by atoms with E-state index >= 15 is 0 Å². The molecule has 21 heavy (non-hydrogen) atoms. The molecule has 1 aromatic heterocycles. The highest BCUT2D eigenvalue weighted by molar-refractivity contribution is 9.10. The van der Waals surface area contributed by atoms with E-state index in [2.05, 4.69) is 31.2 Å². The monoisotopic (exact) mass is 361 g/mol. The summed E-state index contributed by atoms with van der Waals surface area (Å²) < 4.78 is 0.839. The van der Waals surface area contributed by atoms with Gasteiger partial charge in [0, 0.05) is 22.4 Å². The van der Waals surface area contributed by atoms with Gasteiger partial charge in [0.25, 0.3) is 5.91 Å². The van der Waals surface area contributed by atoms with Crippen molar-refractivity contribution < 1.29 is 4.79 Å². The maximum atomic E-state index is 12.3. The fourth-order valence-electron chi connectivity index (χ4n) is 1.89. The van der Waals surface area contributed by atoms with Gasteiger partial charge >= 0.3 is 0 Å². The molecule has 1 N–H and O–H groups in total. The van der Waals surface area contributed by atoms with Crippen LogP contribution in [0.4, 0.5) is 5.69 Å². The number of nitrogens with one attached hydrogen (secondary N) is 1. The first kappa shape index (κ1) is 14.0. The highest BCUT2D eigenvalue weighted by Gasteiger charge is 2.10. The molecule has 0 fully saturated rings. The summed E-state index contributed by atoms with van der Waals surface area (Å²) in [7, 11) is 0. The topological polar surface area (TPSA) is 54.9 Å². The molecule has 0 spiro atoms. The molecule has 0 saturated heterocycles. The third kappa shape index (κ3) is 3.04. The number of halogens is 2. The molecule has 1 amide bonds. The van der Waals surface area contributed by atoms with Crippen LogP contribution in [-0.4, -0.2) is 15.9 Å². The Balaban J connectivity index is 1.91. The zero-order valence-corrected chi connectivity index (χ0v) is 13.0. The smallest absolute Gasteiger partial charge is 0.255 e. The van der Waals surface area contributed by atoms with Gasteiger partial charge in [-0.05, 0) is 36.4 Å². The van der Waals surface area contributed by atoms with Gasteiger partial charge in [-0.15, -0.1) is 0 Å². The van der Waals surface area contributed by atoms with Crippen LogP contribution in [0.3, 0.4) is 0 Å². The number of fused-ring (bicyclic) bond motifs is 1. The Morgan fingerprint density at radius 1 is 1.05 bits per heavy atom. The maximum Gasteiger partial charge on any atom is 0.255 e. The molecule has 4 nitrogen and oxygen atoms in total. The predicted molar refractivity (Wildman–Crippen MR) is 86.6 cm³/mol. The SMILES string of the molecule is O=C(Nc1cc(Br)ccc1Cl)c1ccc2nccnc2c1. The lowest BCUT2D eigenvalue weighted by atomic mass is 10.1. The predicted octanol–water partition coefficient (Wildman–Crippen LogP) is 4.30. The minimum Gasteiger partial charge on any atom is -0.321 e. The lowest BCUT2D eigenvalue weighted by Gasteiger charge is -2.08. The number of carbonyl (C=O) groups is 1. The van der Waals surface area contributed by atoms with Crippen molar-refractivity contribution >= 4 is 50.2 Å².